The summed E-state index contributed by atoms with van der Waals surface area (Å²) in [6.07, 6.45) is -0.769. The van der Waals surface area contributed by atoms with E-state index in [4.69, 9.17) is 12.2 Å². The van der Waals surface area contributed by atoms with E-state index in [9.17, 15) is 9.90 Å². The molecule has 0 spiro atoms. The zero-order chi connectivity index (χ0) is 14.6. The van der Waals surface area contributed by atoms with Crippen LogP contribution in [0.2, 0.25) is 0 Å². The van der Waals surface area contributed by atoms with Crippen molar-refractivity contribution in [3.63, 3.8) is 0 Å². The summed E-state index contributed by atoms with van der Waals surface area (Å²) in [5.41, 5.74) is 0. The first-order chi connectivity index (χ1) is 8.86. The van der Waals surface area contributed by atoms with Crippen molar-refractivity contribution in [1.82, 2.24) is 5.32 Å². The zero-order valence-corrected chi connectivity index (χ0v) is 10.6. The van der Waals surface area contributed by atoms with Crippen molar-refractivity contribution < 1.29 is 22.1 Å². The van der Waals surface area contributed by atoms with Crippen LogP contribution in [-0.4, -0.2) is 49.5 Å². The highest BCUT2D eigenvalue weighted by Gasteiger charge is 2.41. The van der Waals surface area contributed by atoms with Crippen molar-refractivity contribution in [2.75, 3.05) is 20.3 Å². The van der Waals surface area contributed by atoms with Gasteiger partial charge in [-0.25, -0.2) is 0 Å². The summed E-state index contributed by atoms with van der Waals surface area (Å²) >= 11 is 0. The number of amides is 1. The highest BCUT2D eigenvalue weighted by molar-refractivity contribution is 5.73. The number of methoxy groups -OCH3 is 1. The van der Waals surface area contributed by atoms with Gasteiger partial charge in [0, 0.05) is 14.0 Å². The Morgan fingerprint density at radius 1 is 1.59 bits per heavy atom. The fourth-order valence-corrected chi connectivity index (χ4v) is 2.34. The molecule has 0 saturated carbocycles. The number of aliphatic hydroxyl groups excluding tert-OH is 1. The SMILES string of the molecule is [2H]C([3H])OC[C@H]1O[C@@H](CO)[C@@H](NC(C)=O)[C@@H](C)[C@@H]1C. The number of hydrogen-bond donors (Lipinski definition) is 2. The average Bonchev–Trinajstić information content (AvgIpc) is 2.33. The Morgan fingerprint density at radius 3 is 2.82 bits per heavy atom. The zero-order valence-electron chi connectivity index (χ0n) is 12.6. The van der Waals surface area contributed by atoms with Gasteiger partial charge >= 0.3 is 0 Å². The predicted octanol–water partition coefficient (Wildman–Crippen LogP) is 0.169. The van der Waals surface area contributed by atoms with Crippen molar-refractivity contribution >= 4 is 5.91 Å². The summed E-state index contributed by atoms with van der Waals surface area (Å²) in [5.74, 6) is 0.0508. The van der Waals surface area contributed by atoms with Crippen LogP contribution >= 0.6 is 0 Å². The van der Waals surface area contributed by atoms with E-state index in [0.29, 0.717) is 0 Å². The molecule has 100 valence electrons. The van der Waals surface area contributed by atoms with Crippen molar-refractivity contribution in [1.29, 1.82) is 0 Å². The molecule has 1 amide bonds. The Hall–Kier alpha value is -0.650. The van der Waals surface area contributed by atoms with Gasteiger partial charge in [-0.15, -0.1) is 0 Å². The number of nitrogens with one attached hydrogen (secondary N) is 1. The molecule has 17 heavy (non-hydrogen) atoms. The van der Waals surface area contributed by atoms with Crippen molar-refractivity contribution in [2.24, 2.45) is 11.8 Å². The second-order valence-corrected chi connectivity index (χ2v) is 4.67. The first-order valence-electron chi connectivity index (χ1n) is 7.01. The summed E-state index contributed by atoms with van der Waals surface area (Å²) in [7, 11) is -1.34. The van der Waals surface area contributed by atoms with Crippen LogP contribution in [0.4, 0.5) is 0 Å². The Balaban J connectivity index is 2.70. The van der Waals surface area contributed by atoms with Gasteiger partial charge in [-0.2, -0.15) is 0 Å². The van der Waals surface area contributed by atoms with Crippen LogP contribution in [-0.2, 0) is 14.3 Å². The lowest BCUT2D eigenvalue weighted by molar-refractivity contribution is -0.157. The summed E-state index contributed by atoms with van der Waals surface area (Å²) in [6.45, 7) is 5.36. The Bertz CT molecular complexity index is 301. The van der Waals surface area contributed by atoms with Gasteiger partial charge < -0.3 is 19.9 Å². The second kappa shape index (κ2) is 6.33. The summed E-state index contributed by atoms with van der Waals surface area (Å²) in [5, 5.41) is 12.2. The molecule has 1 aliphatic rings. The predicted molar refractivity (Wildman–Crippen MR) is 63.6 cm³/mol. The molecule has 1 aliphatic heterocycles. The minimum Gasteiger partial charge on any atom is -0.394 e. The van der Waals surface area contributed by atoms with Gasteiger partial charge in [0.05, 0.1) is 28.1 Å². The number of ether oxygens (including phenoxy) is 2. The van der Waals surface area contributed by atoms with Crippen molar-refractivity contribution in [3.8, 4) is 0 Å². The van der Waals surface area contributed by atoms with Crippen LogP contribution in [0.15, 0.2) is 0 Å². The molecule has 2 N–H and O–H groups in total. The molecular weight excluding hydrogens is 222 g/mol. The molecule has 5 nitrogen and oxygen atoms in total. The lowest BCUT2D eigenvalue weighted by atomic mass is 9.80. The third-order valence-electron chi connectivity index (χ3n) is 3.54. The highest BCUT2D eigenvalue weighted by atomic mass is 16.5. The molecule has 1 heterocycles. The third kappa shape index (κ3) is 3.40. The van der Waals surface area contributed by atoms with E-state index >= 15 is 0 Å². The van der Waals surface area contributed by atoms with Gasteiger partial charge in [0.15, 0.2) is 0 Å². The van der Waals surface area contributed by atoms with Crippen LogP contribution in [0.5, 0.6) is 0 Å². The number of hydrogen-bond acceptors (Lipinski definition) is 4. The molecule has 6 atom stereocenters. The van der Waals surface area contributed by atoms with Crippen LogP contribution in [0.25, 0.3) is 0 Å². The standard InChI is InChI=1S/C12H23NO4/c1-7-8(2)12(13-9(3)15)10(5-14)17-11(7)6-16-4/h7-8,10-12,14H,5-6H2,1-4H3,(H,13,15)/t7-,8-,10-,11+,12-/m0/s1/i4TD/t4?,7-,8-,10-,11+,12-. The highest BCUT2D eigenvalue weighted by Crippen LogP contribution is 2.30. The van der Waals surface area contributed by atoms with E-state index in [2.05, 4.69) is 5.32 Å². The molecule has 1 saturated heterocycles. The maximum Gasteiger partial charge on any atom is 0.217 e. The van der Waals surface area contributed by atoms with Gasteiger partial charge in [0.25, 0.3) is 0 Å². The summed E-state index contributed by atoms with van der Waals surface area (Å²) in [6, 6.07) is -0.239. The van der Waals surface area contributed by atoms with Gasteiger partial charge in [-0.1, -0.05) is 13.8 Å². The maximum absolute atomic E-state index is 11.2. The first-order valence-corrected chi connectivity index (χ1v) is 5.86. The van der Waals surface area contributed by atoms with Crippen LogP contribution in [0, 0.1) is 11.8 Å². The van der Waals surface area contributed by atoms with Gasteiger partial charge in [-0.3, -0.25) is 4.79 Å². The van der Waals surface area contributed by atoms with Crippen LogP contribution < -0.4 is 5.32 Å². The lowest BCUT2D eigenvalue weighted by Gasteiger charge is -2.44. The normalized spacial score (nSPS) is 41.3. The summed E-state index contributed by atoms with van der Waals surface area (Å²) in [4.78, 5) is 11.2. The van der Waals surface area contributed by atoms with E-state index in [1.165, 1.54) is 6.92 Å². The quantitative estimate of drug-likeness (QED) is 0.744. The lowest BCUT2D eigenvalue weighted by Crippen LogP contribution is -2.58. The molecule has 1 unspecified atom stereocenters. The topological polar surface area (TPSA) is 67.8 Å². The Labute approximate surface area is 105 Å². The van der Waals surface area contributed by atoms with Crippen LogP contribution in [0.3, 0.4) is 0 Å². The Kier molecular flexibility index (Phi) is 4.26. The van der Waals surface area contributed by atoms with E-state index in [1.54, 1.807) is 0 Å². The van der Waals surface area contributed by atoms with Crippen molar-refractivity contribution in [2.45, 2.75) is 39.0 Å². The van der Waals surface area contributed by atoms with E-state index in [-0.39, 0.29) is 43.1 Å². The fourth-order valence-electron chi connectivity index (χ4n) is 2.34. The second-order valence-electron chi connectivity index (χ2n) is 4.67. The summed E-state index contributed by atoms with van der Waals surface area (Å²) < 4.78 is 24.7. The number of carbonyl (C=O) groups is 1. The maximum atomic E-state index is 11.2. The monoisotopic (exact) mass is 248 g/mol. The molecule has 0 aromatic heterocycles. The number of aliphatic hydroxyl groups is 1. The molecule has 0 aliphatic carbocycles. The largest absolute Gasteiger partial charge is 0.394 e. The van der Waals surface area contributed by atoms with E-state index < -0.39 is 13.2 Å². The van der Waals surface area contributed by atoms with Crippen molar-refractivity contribution in [3.05, 3.63) is 0 Å². The first kappa shape index (κ1) is 11.4. The molecule has 0 aromatic carbocycles. The molecule has 0 aromatic rings. The third-order valence-corrected chi connectivity index (χ3v) is 3.54. The molecule has 1 rings (SSSR count). The Morgan fingerprint density at radius 2 is 2.29 bits per heavy atom. The molecule has 0 radical (unpaired) electrons. The molecule has 1 fully saturated rings. The molecule has 5 heteroatoms. The van der Waals surface area contributed by atoms with Crippen LogP contribution in [0.1, 0.15) is 23.5 Å². The average molecular weight is 248 g/mol. The minimum atomic E-state index is -1.34. The van der Waals surface area contributed by atoms with Gasteiger partial charge in [-0.05, 0) is 11.8 Å². The smallest absolute Gasteiger partial charge is 0.217 e. The number of rotatable bonds is 4. The van der Waals surface area contributed by atoms with Gasteiger partial charge in [0.2, 0.25) is 5.91 Å². The molecule has 0 bridgehead atoms. The van der Waals surface area contributed by atoms with E-state index in [0.717, 1.165) is 0 Å². The molecular formula is C12H23NO4. The van der Waals surface area contributed by atoms with Gasteiger partial charge in [0.1, 0.15) is 6.10 Å². The van der Waals surface area contributed by atoms with E-state index in [1.807, 2.05) is 13.8 Å². The number of carbonyl (C=O) groups excluding carboxylic acids is 1. The fraction of sp³-hybridized carbons (Fsp3) is 0.917. The minimum absolute atomic E-state index is 0.0957.